The van der Waals surface area contributed by atoms with Crippen LogP contribution >= 0.6 is 0 Å². The van der Waals surface area contributed by atoms with Gasteiger partial charge in [0.15, 0.2) is 5.82 Å². The lowest BCUT2D eigenvalue weighted by molar-refractivity contribution is -0.114. The van der Waals surface area contributed by atoms with E-state index in [4.69, 9.17) is 0 Å². The van der Waals surface area contributed by atoms with Gasteiger partial charge < -0.3 is 5.32 Å². The van der Waals surface area contributed by atoms with Crippen molar-refractivity contribution in [3.8, 4) is 11.5 Å². The number of hydrogen-bond acceptors (Lipinski definition) is 6. The monoisotopic (exact) mass is 230 g/mol. The van der Waals surface area contributed by atoms with E-state index in [1.165, 1.54) is 13.1 Å². The van der Waals surface area contributed by atoms with Crippen LogP contribution < -0.4 is 5.32 Å². The molecular formula is C10H10N6O. The lowest BCUT2D eigenvalue weighted by atomic mass is 10.3. The fourth-order valence-corrected chi connectivity index (χ4v) is 1.19. The summed E-state index contributed by atoms with van der Waals surface area (Å²) < 4.78 is 0. The Labute approximate surface area is 97.3 Å². The first-order valence-corrected chi connectivity index (χ1v) is 4.93. The number of nitrogens with one attached hydrogen (secondary N) is 1. The molecule has 0 atom stereocenters. The van der Waals surface area contributed by atoms with Crippen molar-refractivity contribution in [1.82, 2.24) is 25.4 Å². The van der Waals surface area contributed by atoms with E-state index < -0.39 is 0 Å². The molecule has 86 valence electrons. The van der Waals surface area contributed by atoms with Crippen molar-refractivity contribution in [2.75, 3.05) is 5.32 Å². The molecule has 0 aromatic carbocycles. The van der Waals surface area contributed by atoms with Crippen molar-refractivity contribution in [3.05, 3.63) is 24.2 Å². The molecule has 0 radical (unpaired) electrons. The summed E-state index contributed by atoms with van der Waals surface area (Å²) in [5, 5.41) is 17.9. The maximum atomic E-state index is 10.8. The molecule has 0 bridgehead atoms. The van der Waals surface area contributed by atoms with Crippen LogP contribution in [0.25, 0.3) is 11.5 Å². The van der Waals surface area contributed by atoms with E-state index >= 15 is 0 Å². The van der Waals surface area contributed by atoms with Gasteiger partial charge in [0.05, 0.1) is 11.9 Å². The zero-order chi connectivity index (χ0) is 12.3. The summed E-state index contributed by atoms with van der Waals surface area (Å²) in [5.74, 6) is 0.711. The van der Waals surface area contributed by atoms with Gasteiger partial charge >= 0.3 is 0 Å². The number of pyridine rings is 1. The number of hydrogen-bond donors (Lipinski definition) is 1. The van der Waals surface area contributed by atoms with Crippen LogP contribution in [-0.4, -0.2) is 31.3 Å². The molecule has 1 N–H and O–H groups in total. The van der Waals surface area contributed by atoms with Gasteiger partial charge in [0, 0.05) is 6.92 Å². The minimum atomic E-state index is -0.144. The van der Waals surface area contributed by atoms with Crippen LogP contribution in [0.2, 0.25) is 0 Å². The van der Waals surface area contributed by atoms with Crippen molar-refractivity contribution in [1.29, 1.82) is 0 Å². The third-order valence-electron chi connectivity index (χ3n) is 1.89. The van der Waals surface area contributed by atoms with Crippen LogP contribution in [0, 0.1) is 6.92 Å². The summed E-state index contributed by atoms with van der Waals surface area (Å²) in [6.07, 6.45) is 1.53. The highest BCUT2D eigenvalue weighted by molar-refractivity contribution is 5.88. The topological polar surface area (TPSA) is 93.6 Å². The highest BCUT2D eigenvalue weighted by Gasteiger charge is 2.04. The number of nitrogens with zero attached hydrogens (tertiary/aromatic N) is 5. The SMILES string of the molecule is CC(=O)Nc1ccc(-c2nnc(C)nn2)nc1. The predicted octanol–water partition coefficient (Wildman–Crippen LogP) is 0.595. The van der Waals surface area contributed by atoms with Crippen LogP contribution in [-0.2, 0) is 4.79 Å². The number of carbonyl (C=O) groups is 1. The summed E-state index contributed by atoms with van der Waals surface area (Å²) in [5.41, 5.74) is 1.17. The number of aromatic nitrogens is 5. The Hall–Kier alpha value is -2.44. The zero-order valence-corrected chi connectivity index (χ0v) is 9.38. The Balaban J connectivity index is 2.23. The molecule has 7 heteroatoms. The second-order valence-electron chi connectivity index (χ2n) is 3.38. The summed E-state index contributed by atoms with van der Waals surface area (Å²) in [6.45, 7) is 3.14. The quantitative estimate of drug-likeness (QED) is 0.811. The van der Waals surface area contributed by atoms with Gasteiger partial charge in [-0.3, -0.25) is 9.78 Å². The van der Waals surface area contributed by atoms with E-state index in [1.807, 2.05) is 0 Å². The van der Waals surface area contributed by atoms with Gasteiger partial charge in [-0.1, -0.05) is 0 Å². The van der Waals surface area contributed by atoms with E-state index in [0.29, 0.717) is 23.0 Å². The van der Waals surface area contributed by atoms with E-state index in [1.54, 1.807) is 19.1 Å². The van der Waals surface area contributed by atoms with Crippen LogP contribution in [0.1, 0.15) is 12.7 Å². The number of aryl methyl sites for hydroxylation is 1. The number of amides is 1. The smallest absolute Gasteiger partial charge is 0.221 e. The van der Waals surface area contributed by atoms with Crippen LogP contribution in [0.4, 0.5) is 5.69 Å². The maximum absolute atomic E-state index is 10.8. The highest BCUT2D eigenvalue weighted by Crippen LogP contribution is 2.12. The molecule has 1 amide bonds. The predicted molar refractivity (Wildman–Crippen MR) is 59.9 cm³/mol. The fourth-order valence-electron chi connectivity index (χ4n) is 1.19. The maximum Gasteiger partial charge on any atom is 0.221 e. The second kappa shape index (κ2) is 4.60. The molecule has 2 aromatic rings. The lowest BCUT2D eigenvalue weighted by Gasteiger charge is -2.02. The summed E-state index contributed by atoms with van der Waals surface area (Å²) in [6, 6.07) is 3.41. The summed E-state index contributed by atoms with van der Waals surface area (Å²) in [4.78, 5) is 14.9. The Morgan fingerprint density at radius 2 is 1.88 bits per heavy atom. The van der Waals surface area contributed by atoms with Crippen molar-refractivity contribution >= 4 is 11.6 Å². The van der Waals surface area contributed by atoms with Gasteiger partial charge in [0.2, 0.25) is 11.7 Å². The highest BCUT2D eigenvalue weighted by atomic mass is 16.1. The lowest BCUT2D eigenvalue weighted by Crippen LogP contribution is -2.06. The van der Waals surface area contributed by atoms with Gasteiger partial charge in [-0.25, -0.2) is 0 Å². The molecule has 0 saturated carbocycles. The molecular weight excluding hydrogens is 220 g/mol. The average molecular weight is 230 g/mol. The van der Waals surface area contributed by atoms with E-state index in [0.717, 1.165) is 0 Å². The van der Waals surface area contributed by atoms with E-state index in [-0.39, 0.29) is 5.91 Å². The summed E-state index contributed by atoms with van der Waals surface area (Å²) >= 11 is 0. The molecule has 0 saturated heterocycles. The van der Waals surface area contributed by atoms with Gasteiger partial charge in [-0.2, -0.15) is 0 Å². The molecule has 0 unspecified atom stereocenters. The van der Waals surface area contributed by atoms with Gasteiger partial charge in [0.25, 0.3) is 0 Å². The van der Waals surface area contributed by atoms with Gasteiger partial charge in [-0.05, 0) is 19.1 Å². The third-order valence-corrected chi connectivity index (χ3v) is 1.89. The van der Waals surface area contributed by atoms with E-state index in [2.05, 4.69) is 30.7 Å². The largest absolute Gasteiger partial charge is 0.325 e. The number of rotatable bonds is 2. The van der Waals surface area contributed by atoms with Crippen molar-refractivity contribution < 1.29 is 4.79 Å². The molecule has 0 spiro atoms. The Morgan fingerprint density at radius 1 is 1.18 bits per heavy atom. The molecule has 2 aromatic heterocycles. The molecule has 0 aliphatic carbocycles. The zero-order valence-electron chi connectivity index (χ0n) is 9.38. The normalized spacial score (nSPS) is 10.0. The second-order valence-corrected chi connectivity index (χ2v) is 3.38. The Morgan fingerprint density at radius 3 is 2.41 bits per heavy atom. The molecule has 0 aliphatic heterocycles. The molecule has 0 aliphatic rings. The van der Waals surface area contributed by atoms with Crippen LogP contribution in [0.3, 0.4) is 0 Å². The van der Waals surface area contributed by atoms with Crippen molar-refractivity contribution in [2.45, 2.75) is 13.8 Å². The van der Waals surface area contributed by atoms with E-state index in [9.17, 15) is 4.79 Å². The van der Waals surface area contributed by atoms with Crippen LogP contribution in [0.15, 0.2) is 18.3 Å². The standard InChI is InChI=1S/C10H10N6O/c1-6-13-15-10(16-14-6)9-4-3-8(5-11-9)12-7(2)17/h3-5H,1-2H3,(H,12,17). The first-order valence-electron chi connectivity index (χ1n) is 4.93. The third kappa shape index (κ3) is 2.77. The molecule has 2 rings (SSSR count). The summed E-state index contributed by atoms with van der Waals surface area (Å²) in [7, 11) is 0. The number of carbonyl (C=O) groups excluding carboxylic acids is 1. The fraction of sp³-hybridized carbons (Fsp3) is 0.200. The molecule has 17 heavy (non-hydrogen) atoms. The molecule has 2 heterocycles. The minimum absolute atomic E-state index is 0.144. The molecule has 0 fully saturated rings. The van der Waals surface area contributed by atoms with Crippen molar-refractivity contribution in [2.24, 2.45) is 0 Å². The van der Waals surface area contributed by atoms with Gasteiger partial charge in [-0.15, -0.1) is 20.4 Å². The van der Waals surface area contributed by atoms with Crippen LogP contribution in [0.5, 0.6) is 0 Å². The Bertz CT molecular complexity index is 521. The average Bonchev–Trinajstić information content (AvgIpc) is 2.30. The Kier molecular flexibility index (Phi) is 2.99. The first kappa shape index (κ1) is 11.1. The number of anilines is 1. The van der Waals surface area contributed by atoms with Gasteiger partial charge in [0.1, 0.15) is 5.69 Å². The minimum Gasteiger partial charge on any atom is -0.325 e. The van der Waals surface area contributed by atoms with Crippen molar-refractivity contribution in [3.63, 3.8) is 0 Å². The first-order chi connectivity index (χ1) is 8.15. The molecule has 7 nitrogen and oxygen atoms in total.